The molecule has 0 bridgehead atoms. The molecule has 0 aliphatic carbocycles. The van der Waals surface area contributed by atoms with Gasteiger partial charge in [0.2, 0.25) is 0 Å². The molecule has 1 atom stereocenters. The lowest BCUT2D eigenvalue weighted by atomic mass is 10.2. The minimum absolute atomic E-state index is 0.162. The standard InChI is InChI=1S/C15H21N5O2/c1-15(2,3)22-14(21)20-8-7-12(10-20)19(4)13-6-5-11(9-16)17-18-13/h5-6,12H,7-8,10H2,1-4H3. The summed E-state index contributed by atoms with van der Waals surface area (Å²) in [4.78, 5) is 15.8. The Kier molecular flexibility index (Phi) is 4.50. The molecule has 7 heteroatoms. The van der Waals surface area contributed by atoms with Crippen molar-refractivity contribution in [1.29, 1.82) is 5.26 Å². The highest BCUT2D eigenvalue weighted by atomic mass is 16.6. The van der Waals surface area contributed by atoms with E-state index in [-0.39, 0.29) is 12.1 Å². The minimum atomic E-state index is -0.486. The fraction of sp³-hybridized carbons (Fsp3) is 0.600. The number of likely N-dealkylation sites (tertiary alicyclic amines) is 1. The summed E-state index contributed by atoms with van der Waals surface area (Å²) in [6.07, 6.45) is 0.562. The van der Waals surface area contributed by atoms with Gasteiger partial charge in [-0.2, -0.15) is 5.26 Å². The summed E-state index contributed by atoms with van der Waals surface area (Å²) < 4.78 is 5.39. The number of carbonyl (C=O) groups is 1. The smallest absolute Gasteiger partial charge is 0.410 e. The largest absolute Gasteiger partial charge is 0.444 e. The molecule has 1 amide bonds. The number of ether oxygens (including phenoxy) is 1. The average molecular weight is 303 g/mol. The third-order valence-corrected chi connectivity index (χ3v) is 3.49. The van der Waals surface area contributed by atoms with Crippen LogP contribution in [0.15, 0.2) is 12.1 Å². The maximum absolute atomic E-state index is 12.1. The monoisotopic (exact) mass is 303 g/mol. The van der Waals surface area contributed by atoms with Crippen molar-refractivity contribution < 1.29 is 9.53 Å². The average Bonchev–Trinajstić information content (AvgIpc) is 2.95. The van der Waals surface area contributed by atoms with Gasteiger partial charge < -0.3 is 14.5 Å². The molecule has 0 spiro atoms. The van der Waals surface area contributed by atoms with Crippen LogP contribution in [0, 0.1) is 11.3 Å². The van der Waals surface area contributed by atoms with E-state index in [1.54, 1.807) is 17.0 Å². The van der Waals surface area contributed by atoms with Gasteiger partial charge in [0.1, 0.15) is 11.7 Å². The SMILES string of the molecule is CN(c1ccc(C#N)nn1)C1CCN(C(=O)OC(C)(C)C)C1. The van der Waals surface area contributed by atoms with Gasteiger partial charge in [0.05, 0.1) is 0 Å². The van der Waals surface area contributed by atoms with Gasteiger partial charge in [-0.3, -0.25) is 0 Å². The maximum Gasteiger partial charge on any atom is 0.410 e. The predicted molar refractivity (Wildman–Crippen MR) is 81.4 cm³/mol. The Bertz CT molecular complexity index is 573. The molecule has 1 fully saturated rings. The van der Waals surface area contributed by atoms with Crippen LogP contribution in [-0.2, 0) is 4.74 Å². The first-order chi connectivity index (χ1) is 10.3. The van der Waals surface area contributed by atoms with Gasteiger partial charge in [0.15, 0.2) is 11.5 Å². The number of hydrogen-bond acceptors (Lipinski definition) is 6. The van der Waals surface area contributed by atoms with Crippen LogP contribution in [0.5, 0.6) is 0 Å². The lowest BCUT2D eigenvalue weighted by Gasteiger charge is -2.27. The zero-order valence-corrected chi connectivity index (χ0v) is 13.4. The summed E-state index contributed by atoms with van der Waals surface area (Å²) in [7, 11) is 1.92. The van der Waals surface area contributed by atoms with Crippen molar-refractivity contribution in [3.63, 3.8) is 0 Å². The highest BCUT2D eigenvalue weighted by molar-refractivity contribution is 5.68. The number of anilines is 1. The van der Waals surface area contributed by atoms with E-state index in [2.05, 4.69) is 10.2 Å². The van der Waals surface area contributed by atoms with Gasteiger partial charge in [-0.05, 0) is 39.3 Å². The molecule has 7 nitrogen and oxygen atoms in total. The molecule has 0 radical (unpaired) electrons. The Hall–Kier alpha value is -2.36. The lowest BCUT2D eigenvalue weighted by molar-refractivity contribution is 0.0292. The Labute approximate surface area is 130 Å². The van der Waals surface area contributed by atoms with Crippen LogP contribution < -0.4 is 4.90 Å². The minimum Gasteiger partial charge on any atom is -0.444 e. The van der Waals surface area contributed by atoms with Crippen LogP contribution in [-0.4, -0.2) is 53.0 Å². The summed E-state index contributed by atoms with van der Waals surface area (Å²) >= 11 is 0. The van der Waals surface area contributed by atoms with Crippen molar-refractivity contribution in [3.8, 4) is 6.07 Å². The molecular formula is C15H21N5O2. The topological polar surface area (TPSA) is 82.4 Å². The van der Waals surface area contributed by atoms with Crippen molar-refractivity contribution in [1.82, 2.24) is 15.1 Å². The van der Waals surface area contributed by atoms with E-state index in [0.29, 0.717) is 24.6 Å². The summed E-state index contributed by atoms with van der Waals surface area (Å²) in [5.41, 5.74) is -0.196. The molecule has 1 unspecified atom stereocenters. The Morgan fingerprint density at radius 2 is 2.18 bits per heavy atom. The number of nitriles is 1. The van der Waals surface area contributed by atoms with Gasteiger partial charge in [-0.25, -0.2) is 4.79 Å². The van der Waals surface area contributed by atoms with Crippen LogP contribution in [0.3, 0.4) is 0 Å². The first-order valence-electron chi connectivity index (χ1n) is 7.25. The Balaban J connectivity index is 1.97. The number of rotatable bonds is 2. The Morgan fingerprint density at radius 1 is 1.45 bits per heavy atom. The summed E-state index contributed by atoms with van der Waals surface area (Å²) in [5.74, 6) is 0.690. The third kappa shape index (κ3) is 3.85. The zero-order chi connectivity index (χ0) is 16.3. The molecule has 1 aliphatic heterocycles. The second-order valence-corrected chi connectivity index (χ2v) is 6.37. The molecular weight excluding hydrogens is 282 g/mol. The highest BCUT2D eigenvalue weighted by Gasteiger charge is 2.32. The molecule has 1 aromatic heterocycles. The van der Waals surface area contributed by atoms with Crippen molar-refractivity contribution in [2.24, 2.45) is 0 Å². The molecule has 118 valence electrons. The van der Waals surface area contributed by atoms with E-state index in [1.807, 2.05) is 38.8 Å². The molecule has 22 heavy (non-hydrogen) atoms. The second-order valence-electron chi connectivity index (χ2n) is 6.37. The van der Waals surface area contributed by atoms with Gasteiger partial charge >= 0.3 is 6.09 Å². The number of hydrogen-bond donors (Lipinski definition) is 0. The van der Waals surface area contributed by atoms with Crippen molar-refractivity contribution in [2.75, 3.05) is 25.0 Å². The zero-order valence-electron chi connectivity index (χ0n) is 13.4. The van der Waals surface area contributed by atoms with Crippen molar-refractivity contribution >= 4 is 11.9 Å². The molecule has 1 saturated heterocycles. The maximum atomic E-state index is 12.1. The molecule has 1 aliphatic rings. The van der Waals surface area contributed by atoms with E-state index < -0.39 is 5.60 Å². The number of carbonyl (C=O) groups excluding carboxylic acids is 1. The molecule has 2 rings (SSSR count). The van der Waals surface area contributed by atoms with Crippen LogP contribution in [0.2, 0.25) is 0 Å². The van der Waals surface area contributed by atoms with E-state index >= 15 is 0 Å². The number of amides is 1. The van der Waals surface area contributed by atoms with Gasteiger partial charge in [-0.15, -0.1) is 10.2 Å². The summed E-state index contributed by atoms with van der Waals surface area (Å²) in [6.45, 7) is 6.82. The lowest BCUT2D eigenvalue weighted by Crippen LogP contribution is -2.39. The number of likely N-dealkylation sites (N-methyl/N-ethyl adjacent to an activating group) is 1. The van der Waals surface area contributed by atoms with Crippen LogP contribution in [0.4, 0.5) is 10.6 Å². The van der Waals surface area contributed by atoms with Gasteiger partial charge in [-0.1, -0.05) is 0 Å². The van der Waals surface area contributed by atoms with E-state index in [1.165, 1.54) is 0 Å². The first-order valence-corrected chi connectivity index (χ1v) is 7.25. The number of aromatic nitrogens is 2. The summed E-state index contributed by atoms with van der Waals surface area (Å²) in [5, 5.41) is 16.6. The van der Waals surface area contributed by atoms with E-state index in [0.717, 1.165) is 6.42 Å². The fourth-order valence-electron chi connectivity index (χ4n) is 2.31. The highest BCUT2D eigenvalue weighted by Crippen LogP contribution is 2.21. The quantitative estimate of drug-likeness (QED) is 0.828. The van der Waals surface area contributed by atoms with Crippen LogP contribution >= 0.6 is 0 Å². The Morgan fingerprint density at radius 3 is 2.73 bits per heavy atom. The normalized spacial score (nSPS) is 18.0. The van der Waals surface area contributed by atoms with Gasteiger partial charge in [0.25, 0.3) is 0 Å². The van der Waals surface area contributed by atoms with Gasteiger partial charge in [0, 0.05) is 26.2 Å². The second kappa shape index (κ2) is 6.18. The first kappa shape index (κ1) is 16.0. The molecule has 1 aromatic rings. The molecule has 2 heterocycles. The third-order valence-electron chi connectivity index (χ3n) is 3.49. The van der Waals surface area contributed by atoms with Crippen LogP contribution in [0.1, 0.15) is 32.9 Å². The molecule has 0 aromatic carbocycles. The van der Waals surface area contributed by atoms with Crippen molar-refractivity contribution in [3.05, 3.63) is 17.8 Å². The molecule has 0 saturated carbocycles. The van der Waals surface area contributed by atoms with Crippen LogP contribution in [0.25, 0.3) is 0 Å². The number of nitrogens with zero attached hydrogens (tertiary/aromatic N) is 5. The fourth-order valence-corrected chi connectivity index (χ4v) is 2.31. The molecule has 0 N–H and O–H groups in total. The summed E-state index contributed by atoms with van der Waals surface area (Å²) in [6, 6.07) is 5.51. The predicted octanol–water partition coefficient (Wildman–Crippen LogP) is 1.79. The van der Waals surface area contributed by atoms with E-state index in [9.17, 15) is 4.79 Å². The van der Waals surface area contributed by atoms with E-state index in [4.69, 9.17) is 10.00 Å². The van der Waals surface area contributed by atoms with Crippen molar-refractivity contribution in [2.45, 2.75) is 38.8 Å².